The summed E-state index contributed by atoms with van der Waals surface area (Å²) < 4.78 is 1.58. The Morgan fingerprint density at radius 1 is 1.71 bits per heavy atom. The van der Waals surface area contributed by atoms with Crippen LogP contribution in [0.15, 0.2) is 6.33 Å². The summed E-state index contributed by atoms with van der Waals surface area (Å²) in [6.07, 6.45) is 1.50. The zero-order chi connectivity index (χ0) is 10.9. The van der Waals surface area contributed by atoms with Crippen LogP contribution in [0.2, 0.25) is 5.15 Å². The van der Waals surface area contributed by atoms with Gasteiger partial charge in [0.15, 0.2) is 6.04 Å². The van der Waals surface area contributed by atoms with Gasteiger partial charge < -0.3 is 9.67 Å². The molecule has 0 aliphatic carbocycles. The van der Waals surface area contributed by atoms with Crippen molar-refractivity contribution in [2.75, 3.05) is 14.1 Å². The van der Waals surface area contributed by atoms with Gasteiger partial charge in [0, 0.05) is 7.05 Å². The van der Waals surface area contributed by atoms with Gasteiger partial charge in [0.1, 0.15) is 10.8 Å². The number of aromatic nitrogens is 2. The van der Waals surface area contributed by atoms with Crippen molar-refractivity contribution in [3.63, 3.8) is 0 Å². The summed E-state index contributed by atoms with van der Waals surface area (Å²) in [7, 11) is 5.06. The third kappa shape index (κ3) is 1.88. The van der Waals surface area contributed by atoms with E-state index in [0.717, 1.165) is 0 Å². The molecule has 0 aromatic carbocycles. The zero-order valence-corrected chi connectivity index (χ0v) is 8.99. The average Bonchev–Trinajstić information content (AvgIpc) is 2.35. The predicted octanol–water partition coefficient (Wildman–Crippen LogP) is 0.761. The zero-order valence-electron chi connectivity index (χ0n) is 8.23. The van der Waals surface area contributed by atoms with Gasteiger partial charge in [-0.05, 0) is 14.1 Å². The van der Waals surface area contributed by atoms with Crippen LogP contribution in [0, 0.1) is 0 Å². The third-order valence-corrected chi connectivity index (χ3v) is 2.36. The van der Waals surface area contributed by atoms with Crippen LogP contribution in [-0.2, 0) is 11.8 Å². The lowest BCUT2D eigenvalue weighted by Gasteiger charge is -2.18. The molecular weight excluding hydrogens is 206 g/mol. The second kappa shape index (κ2) is 3.98. The number of rotatable bonds is 3. The first kappa shape index (κ1) is 11.0. The van der Waals surface area contributed by atoms with Crippen LogP contribution in [-0.4, -0.2) is 39.6 Å². The van der Waals surface area contributed by atoms with Crippen molar-refractivity contribution in [1.29, 1.82) is 0 Å². The van der Waals surface area contributed by atoms with Crippen LogP contribution in [0.5, 0.6) is 0 Å². The van der Waals surface area contributed by atoms with Crippen LogP contribution in [0.3, 0.4) is 0 Å². The van der Waals surface area contributed by atoms with E-state index in [9.17, 15) is 4.79 Å². The fourth-order valence-corrected chi connectivity index (χ4v) is 1.40. The Morgan fingerprint density at radius 2 is 2.29 bits per heavy atom. The minimum absolute atomic E-state index is 0.353. The monoisotopic (exact) mass is 217 g/mol. The summed E-state index contributed by atoms with van der Waals surface area (Å²) >= 11 is 5.90. The van der Waals surface area contributed by atoms with E-state index in [4.69, 9.17) is 16.7 Å². The molecule has 0 radical (unpaired) electrons. The quantitative estimate of drug-likeness (QED) is 0.812. The molecule has 0 saturated heterocycles. The number of aryl methyl sites for hydroxylation is 1. The van der Waals surface area contributed by atoms with E-state index in [2.05, 4.69) is 4.98 Å². The Morgan fingerprint density at radius 3 is 2.57 bits per heavy atom. The molecule has 14 heavy (non-hydrogen) atoms. The molecule has 1 heterocycles. The van der Waals surface area contributed by atoms with Gasteiger partial charge >= 0.3 is 5.97 Å². The van der Waals surface area contributed by atoms with Gasteiger partial charge in [-0.3, -0.25) is 9.69 Å². The van der Waals surface area contributed by atoms with E-state index in [1.165, 1.54) is 6.33 Å². The maximum absolute atomic E-state index is 11.0. The van der Waals surface area contributed by atoms with Crippen molar-refractivity contribution in [2.45, 2.75) is 6.04 Å². The minimum Gasteiger partial charge on any atom is -0.480 e. The van der Waals surface area contributed by atoms with Gasteiger partial charge in [-0.1, -0.05) is 11.6 Å². The first-order valence-electron chi connectivity index (χ1n) is 4.01. The topological polar surface area (TPSA) is 58.4 Å². The fraction of sp³-hybridized carbons (Fsp3) is 0.500. The van der Waals surface area contributed by atoms with Crippen LogP contribution in [0.4, 0.5) is 0 Å². The lowest BCUT2D eigenvalue weighted by molar-refractivity contribution is -0.142. The number of carboxylic acid groups (broad SMARTS) is 1. The molecule has 0 aliphatic rings. The molecule has 1 N–H and O–H groups in total. The van der Waals surface area contributed by atoms with Gasteiger partial charge in [-0.2, -0.15) is 0 Å². The van der Waals surface area contributed by atoms with Gasteiger partial charge in [0.05, 0.1) is 6.33 Å². The Labute approximate surface area is 86.9 Å². The molecule has 0 spiro atoms. The van der Waals surface area contributed by atoms with Crippen LogP contribution in [0.25, 0.3) is 0 Å². The molecule has 1 unspecified atom stereocenters. The molecule has 0 bridgehead atoms. The van der Waals surface area contributed by atoms with E-state index in [1.54, 1.807) is 30.6 Å². The van der Waals surface area contributed by atoms with E-state index < -0.39 is 12.0 Å². The number of halogens is 1. The second-order valence-electron chi connectivity index (χ2n) is 3.24. The fourth-order valence-electron chi connectivity index (χ4n) is 1.20. The van der Waals surface area contributed by atoms with Crippen molar-refractivity contribution >= 4 is 17.6 Å². The van der Waals surface area contributed by atoms with Crippen LogP contribution >= 0.6 is 11.6 Å². The summed E-state index contributed by atoms with van der Waals surface area (Å²) in [4.78, 5) is 16.5. The number of carboxylic acids is 1. The third-order valence-electron chi connectivity index (χ3n) is 1.90. The van der Waals surface area contributed by atoms with Crippen molar-refractivity contribution in [2.24, 2.45) is 7.05 Å². The molecule has 6 heteroatoms. The van der Waals surface area contributed by atoms with E-state index in [-0.39, 0.29) is 0 Å². The van der Waals surface area contributed by atoms with Crippen molar-refractivity contribution in [3.05, 3.63) is 17.2 Å². The Bertz CT molecular complexity index is 348. The number of hydrogen-bond acceptors (Lipinski definition) is 3. The highest BCUT2D eigenvalue weighted by Gasteiger charge is 2.27. The molecule has 0 amide bonds. The van der Waals surface area contributed by atoms with Gasteiger partial charge in [0.2, 0.25) is 0 Å². The molecule has 5 nitrogen and oxygen atoms in total. The molecule has 0 aliphatic heterocycles. The standard InChI is InChI=1S/C8H12ClN3O2/c1-11(2)6(8(13)14)5-7(9)12(3)4-10-5/h4,6H,1-3H3,(H,13,14). The Kier molecular flexibility index (Phi) is 3.13. The summed E-state index contributed by atoms with van der Waals surface area (Å²) in [6, 6.07) is -0.802. The van der Waals surface area contributed by atoms with Crippen molar-refractivity contribution < 1.29 is 9.90 Å². The van der Waals surface area contributed by atoms with Gasteiger partial charge in [0.25, 0.3) is 0 Å². The highest BCUT2D eigenvalue weighted by Crippen LogP contribution is 2.24. The summed E-state index contributed by atoms with van der Waals surface area (Å²) in [6.45, 7) is 0. The minimum atomic E-state index is -0.962. The highest BCUT2D eigenvalue weighted by atomic mass is 35.5. The highest BCUT2D eigenvalue weighted by molar-refractivity contribution is 6.30. The number of aliphatic carboxylic acids is 1. The number of likely N-dealkylation sites (N-methyl/N-ethyl adjacent to an activating group) is 1. The lowest BCUT2D eigenvalue weighted by Crippen LogP contribution is -2.28. The molecule has 78 valence electrons. The lowest BCUT2D eigenvalue weighted by atomic mass is 10.2. The van der Waals surface area contributed by atoms with E-state index >= 15 is 0 Å². The smallest absolute Gasteiger partial charge is 0.327 e. The normalized spacial score (nSPS) is 13.2. The molecular formula is C8H12ClN3O2. The van der Waals surface area contributed by atoms with Gasteiger partial charge in [-0.15, -0.1) is 0 Å². The molecule has 0 saturated carbocycles. The van der Waals surface area contributed by atoms with Crippen LogP contribution < -0.4 is 0 Å². The first-order chi connectivity index (χ1) is 6.45. The number of imidazole rings is 1. The summed E-state index contributed by atoms with van der Waals surface area (Å²) in [5.74, 6) is -0.962. The number of nitrogens with zero attached hydrogens (tertiary/aromatic N) is 3. The Balaban J connectivity index is 3.12. The molecule has 0 fully saturated rings. The Hall–Kier alpha value is -1.07. The molecule has 1 aromatic rings. The maximum atomic E-state index is 11.0. The number of carbonyl (C=O) groups is 1. The SMILES string of the molecule is CN(C)C(C(=O)O)c1ncn(C)c1Cl. The molecule has 1 atom stereocenters. The van der Waals surface area contributed by atoms with E-state index in [0.29, 0.717) is 10.8 Å². The van der Waals surface area contributed by atoms with Crippen molar-refractivity contribution in [3.8, 4) is 0 Å². The maximum Gasteiger partial charge on any atom is 0.327 e. The molecule has 1 aromatic heterocycles. The second-order valence-corrected chi connectivity index (χ2v) is 3.59. The summed E-state index contributed by atoms with van der Waals surface area (Å²) in [5, 5.41) is 9.33. The molecule has 1 rings (SSSR count). The number of hydrogen-bond donors (Lipinski definition) is 1. The van der Waals surface area contributed by atoms with E-state index in [1.807, 2.05) is 0 Å². The van der Waals surface area contributed by atoms with Gasteiger partial charge in [-0.25, -0.2) is 4.98 Å². The average molecular weight is 218 g/mol. The predicted molar refractivity (Wildman–Crippen MR) is 52.3 cm³/mol. The first-order valence-corrected chi connectivity index (χ1v) is 4.39. The summed E-state index contributed by atoms with van der Waals surface area (Å²) in [5.41, 5.74) is 0.367. The van der Waals surface area contributed by atoms with Crippen molar-refractivity contribution in [1.82, 2.24) is 14.5 Å². The largest absolute Gasteiger partial charge is 0.480 e. The van der Waals surface area contributed by atoms with Crippen LogP contribution in [0.1, 0.15) is 11.7 Å².